The van der Waals surface area contributed by atoms with Crippen LogP contribution in [-0.2, 0) is 14.3 Å². The summed E-state index contributed by atoms with van der Waals surface area (Å²) < 4.78 is 10.5. The molecule has 2 atom stereocenters. The lowest BCUT2D eigenvalue weighted by molar-refractivity contribution is -0.140. The molecule has 21 heavy (non-hydrogen) atoms. The van der Waals surface area contributed by atoms with Crippen LogP contribution in [0.25, 0.3) is 0 Å². The summed E-state index contributed by atoms with van der Waals surface area (Å²) in [5.74, 6) is -0.138. The Labute approximate surface area is 124 Å². The number of carbonyl (C=O) groups is 2. The van der Waals surface area contributed by atoms with E-state index >= 15 is 0 Å². The minimum atomic E-state index is -0.687. The topological polar surface area (TPSA) is 79.3 Å². The predicted molar refractivity (Wildman–Crippen MR) is 74.8 cm³/mol. The monoisotopic (exact) mass is 300 g/mol. The molecule has 2 aliphatic heterocycles. The molecule has 7 heteroatoms. The second-order valence-corrected chi connectivity index (χ2v) is 6.48. The lowest BCUT2D eigenvalue weighted by Crippen LogP contribution is -2.51. The molecular formula is C14H24N2O5. The van der Waals surface area contributed by atoms with E-state index in [0.717, 1.165) is 0 Å². The van der Waals surface area contributed by atoms with Gasteiger partial charge in [0.15, 0.2) is 0 Å². The van der Waals surface area contributed by atoms with Crippen molar-refractivity contribution in [3.8, 4) is 0 Å². The van der Waals surface area contributed by atoms with Crippen LogP contribution < -0.4 is 0 Å². The van der Waals surface area contributed by atoms with Crippen molar-refractivity contribution in [2.24, 2.45) is 0 Å². The number of aliphatic hydroxyl groups is 1. The molecule has 0 radical (unpaired) electrons. The number of hydrogen-bond donors (Lipinski definition) is 1. The third-order valence-electron chi connectivity index (χ3n) is 3.51. The minimum Gasteiger partial charge on any atom is -0.444 e. The Morgan fingerprint density at radius 3 is 2.43 bits per heavy atom. The van der Waals surface area contributed by atoms with Crippen molar-refractivity contribution in [2.75, 3.05) is 32.8 Å². The zero-order valence-electron chi connectivity index (χ0n) is 12.9. The van der Waals surface area contributed by atoms with Crippen LogP contribution in [0.5, 0.6) is 0 Å². The first-order valence-corrected chi connectivity index (χ1v) is 7.32. The third-order valence-corrected chi connectivity index (χ3v) is 3.51. The van der Waals surface area contributed by atoms with Crippen LogP contribution in [-0.4, -0.2) is 77.5 Å². The van der Waals surface area contributed by atoms with Gasteiger partial charge in [0.1, 0.15) is 11.6 Å². The molecule has 2 fully saturated rings. The van der Waals surface area contributed by atoms with E-state index in [0.29, 0.717) is 26.3 Å². The number of ether oxygens (including phenoxy) is 2. The summed E-state index contributed by atoms with van der Waals surface area (Å²) in [4.78, 5) is 27.8. The van der Waals surface area contributed by atoms with E-state index in [1.54, 1.807) is 25.7 Å². The van der Waals surface area contributed by atoms with Crippen molar-refractivity contribution in [1.29, 1.82) is 0 Å². The number of hydrogen-bond acceptors (Lipinski definition) is 5. The maximum absolute atomic E-state index is 12.5. The van der Waals surface area contributed by atoms with Crippen molar-refractivity contribution < 1.29 is 24.2 Å². The van der Waals surface area contributed by atoms with E-state index in [1.165, 1.54) is 4.90 Å². The van der Waals surface area contributed by atoms with Crippen LogP contribution in [0.15, 0.2) is 0 Å². The van der Waals surface area contributed by atoms with Crippen LogP contribution in [0.3, 0.4) is 0 Å². The van der Waals surface area contributed by atoms with Crippen molar-refractivity contribution in [1.82, 2.24) is 9.80 Å². The van der Waals surface area contributed by atoms with Gasteiger partial charge in [0.2, 0.25) is 5.91 Å². The molecule has 2 saturated heterocycles. The van der Waals surface area contributed by atoms with Gasteiger partial charge in [0.05, 0.1) is 25.9 Å². The van der Waals surface area contributed by atoms with E-state index in [-0.39, 0.29) is 18.9 Å². The quantitative estimate of drug-likeness (QED) is 0.749. The molecule has 7 nitrogen and oxygen atoms in total. The average Bonchev–Trinajstić information content (AvgIpc) is 2.79. The lowest BCUT2D eigenvalue weighted by atomic mass is 10.1. The van der Waals surface area contributed by atoms with E-state index < -0.39 is 23.8 Å². The number of likely N-dealkylation sites (tertiary alicyclic amines) is 1. The summed E-state index contributed by atoms with van der Waals surface area (Å²) in [7, 11) is 0. The Hall–Kier alpha value is -1.34. The van der Waals surface area contributed by atoms with E-state index in [2.05, 4.69) is 0 Å². The van der Waals surface area contributed by atoms with Crippen LogP contribution in [0.4, 0.5) is 4.79 Å². The third kappa shape index (κ3) is 4.07. The summed E-state index contributed by atoms with van der Waals surface area (Å²) in [6.07, 6.45) is -0.978. The molecule has 0 aromatic carbocycles. The van der Waals surface area contributed by atoms with E-state index in [4.69, 9.17) is 9.47 Å². The predicted octanol–water partition coefficient (Wildman–Crippen LogP) is 0.215. The number of rotatable bonds is 1. The molecule has 0 spiro atoms. The maximum Gasteiger partial charge on any atom is 0.411 e. The fraction of sp³-hybridized carbons (Fsp3) is 0.857. The summed E-state index contributed by atoms with van der Waals surface area (Å²) >= 11 is 0. The second-order valence-electron chi connectivity index (χ2n) is 6.48. The fourth-order valence-corrected chi connectivity index (χ4v) is 2.56. The SMILES string of the molecule is CC(C)(C)OC(=O)N1C[C@H](O)C[C@H]1C(=O)N1CCOCC1. The molecule has 0 aliphatic carbocycles. The van der Waals surface area contributed by atoms with E-state index in [9.17, 15) is 14.7 Å². The highest BCUT2D eigenvalue weighted by atomic mass is 16.6. The van der Waals surface area contributed by atoms with Gasteiger partial charge in [-0.2, -0.15) is 0 Å². The smallest absolute Gasteiger partial charge is 0.411 e. The molecule has 0 saturated carbocycles. The lowest BCUT2D eigenvalue weighted by Gasteiger charge is -2.33. The highest BCUT2D eigenvalue weighted by molar-refractivity contribution is 5.86. The van der Waals surface area contributed by atoms with Crippen LogP contribution in [0.2, 0.25) is 0 Å². The van der Waals surface area contributed by atoms with Crippen LogP contribution >= 0.6 is 0 Å². The molecule has 2 rings (SSSR count). The molecule has 120 valence electrons. The van der Waals surface area contributed by atoms with Gasteiger partial charge in [-0.25, -0.2) is 4.79 Å². The van der Waals surface area contributed by atoms with Crippen molar-refractivity contribution in [3.63, 3.8) is 0 Å². The molecule has 2 heterocycles. The van der Waals surface area contributed by atoms with Crippen molar-refractivity contribution in [2.45, 2.75) is 44.9 Å². The second kappa shape index (κ2) is 6.19. The highest BCUT2D eigenvalue weighted by Gasteiger charge is 2.42. The number of nitrogens with zero attached hydrogens (tertiary/aromatic N) is 2. The molecule has 0 aromatic heterocycles. The fourth-order valence-electron chi connectivity index (χ4n) is 2.56. The van der Waals surface area contributed by atoms with Crippen LogP contribution in [0.1, 0.15) is 27.2 Å². The average molecular weight is 300 g/mol. The summed E-state index contributed by atoms with van der Waals surface area (Å²) in [6.45, 7) is 7.51. The summed E-state index contributed by atoms with van der Waals surface area (Å²) in [6, 6.07) is -0.645. The number of carbonyl (C=O) groups excluding carboxylic acids is 2. The van der Waals surface area contributed by atoms with Gasteiger partial charge in [0.25, 0.3) is 0 Å². The largest absolute Gasteiger partial charge is 0.444 e. The molecular weight excluding hydrogens is 276 g/mol. The Morgan fingerprint density at radius 2 is 1.86 bits per heavy atom. The van der Waals surface area contributed by atoms with Gasteiger partial charge >= 0.3 is 6.09 Å². The number of aliphatic hydroxyl groups excluding tert-OH is 1. The molecule has 0 aromatic rings. The first-order valence-electron chi connectivity index (χ1n) is 7.32. The molecule has 0 unspecified atom stereocenters. The zero-order chi connectivity index (χ0) is 15.6. The molecule has 2 amide bonds. The summed E-state index contributed by atoms with van der Waals surface area (Å²) in [5.41, 5.74) is -0.628. The Balaban J connectivity index is 2.05. The Bertz CT molecular complexity index is 401. The van der Waals surface area contributed by atoms with Gasteiger partial charge in [-0.15, -0.1) is 0 Å². The maximum atomic E-state index is 12.5. The standard InChI is InChI=1S/C14H24N2O5/c1-14(2,3)21-13(19)16-9-10(17)8-11(16)12(18)15-4-6-20-7-5-15/h10-11,17H,4-9H2,1-3H3/t10-,11+/m1/s1. The van der Waals surface area contributed by atoms with E-state index in [1.807, 2.05) is 0 Å². The summed E-state index contributed by atoms with van der Waals surface area (Å²) in [5, 5.41) is 9.82. The first-order chi connectivity index (χ1) is 9.78. The number of morpholine rings is 1. The molecule has 2 aliphatic rings. The minimum absolute atomic E-state index is 0.135. The van der Waals surface area contributed by atoms with Crippen LogP contribution in [0, 0.1) is 0 Å². The van der Waals surface area contributed by atoms with Gasteiger partial charge in [-0.3, -0.25) is 9.69 Å². The van der Waals surface area contributed by atoms with Crippen molar-refractivity contribution >= 4 is 12.0 Å². The first kappa shape index (κ1) is 16.0. The number of β-amino-alcohol motifs (C(OH)–C–C–N with tert-alkyl or cyclic N) is 1. The zero-order valence-corrected chi connectivity index (χ0v) is 12.9. The number of amides is 2. The Morgan fingerprint density at radius 1 is 1.24 bits per heavy atom. The molecule has 1 N–H and O–H groups in total. The van der Waals surface area contributed by atoms with Crippen molar-refractivity contribution in [3.05, 3.63) is 0 Å². The molecule has 0 bridgehead atoms. The Kier molecular flexibility index (Phi) is 4.73. The van der Waals surface area contributed by atoms with Gasteiger partial charge in [-0.1, -0.05) is 0 Å². The normalized spacial score (nSPS) is 26.9. The van der Waals surface area contributed by atoms with Gasteiger partial charge in [-0.05, 0) is 20.8 Å². The van der Waals surface area contributed by atoms with Gasteiger partial charge in [0, 0.05) is 19.5 Å². The highest BCUT2D eigenvalue weighted by Crippen LogP contribution is 2.23. The van der Waals surface area contributed by atoms with Gasteiger partial charge < -0.3 is 19.5 Å².